The van der Waals surface area contributed by atoms with E-state index in [-0.39, 0.29) is 17.3 Å². The van der Waals surface area contributed by atoms with Crippen molar-refractivity contribution in [2.24, 2.45) is 0 Å². The van der Waals surface area contributed by atoms with Gasteiger partial charge in [-0.1, -0.05) is 12.1 Å². The minimum atomic E-state index is -3.50. The van der Waals surface area contributed by atoms with Gasteiger partial charge in [0.25, 0.3) is 0 Å². The van der Waals surface area contributed by atoms with Crippen LogP contribution in [0.4, 0.5) is 0 Å². The molecule has 0 spiro atoms. The van der Waals surface area contributed by atoms with Crippen molar-refractivity contribution in [1.82, 2.24) is 4.72 Å². The Morgan fingerprint density at radius 3 is 2.38 bits per heavy atom. The number of quaternary nitrogens is 1. The van der Waals surface area contributed by atoms with Crippen LogP contribution in [0.5, 0.6) is 5.75 Å². The van der Waals surface area contributed by atoms with Crippen LogP contribution in [0.2, 0.25) is 0 Å². The van der Waals surface area contributed by atoms with Crippen molar-refractivity contribution < 1.29 is 30.5 Å². The highest BCUT2D eigenvalue weighted by Gasteiger charge is 2.18. The monoisotopic (exact) mass is 336 g/mol. The van der Waals surface area contributed by atoms with Crippen LogP contribution in [0.25, 0.3) is 0 Å². The summed E-state index contributed by atoms with van der Waals surface area (Å²) >= 11 is 0. The van der Waals surface area contributed by atoms with E-state index < -0.39 is 10.0 Å². The Morgan fingerprint density at radius 2 is 1.81 bits per heavy atom. The lowest BCUT2D eigenvalue weighted by molar-refractivity contribution is -0.896. The normalized spacial score (nSPS) is 11.2. The van der Waals surface area contributed by atoms with E-state index >= 15 is 0 Å². The summed E-state index contributed by atoms with van der Waals surface area (Å²) in [6.07, 6.45) is 0.825. The lowest BCUT2D eigenvalue weighted by Crippen LogP contribution is -3.11. The quantitative estimate of drug-likeness (QED) is 0.482. The molecule has 0 fully saturated rings. The number of para-hydroxylation sites is 1. The molecule has 1 aromatic rings. The molecule has 0 aliphatic rings. The zero-order valence-electron chi connectivity index (χ0n) is 12.9. The van der Waals surface area contributed by atoms with Gasteiger partial charge in [0.05, 0.1) is 26.7 Å². The van der Waals surface area contributed by atoms with Gasteiger partial charge in [0.1, 0.15) is 10.6 Å². The summed E-state index contributed by atoms with van der Waals surface area (Å²) in [5.74, 6) is 0.370. The molecule has 0 aromatic heterocycles. The van der Waals surface area contributed by atoms with E-state index in [0.717, 1.165) is 26.1 Å². The first-order chi connectivity index (χ1) is 9.55. The zero-order valence-corrected chi connectivity index (χ0v) is 14.4. The molecule has 0 bridgehead atoms. The van der Waals surface area contributed by atoms with Gasteiger partial charge in [-0.3, -0.25) is 0 Å². The Labute approximate surface area is 134 Å². The van der Waals surface area contributed by atoms with E-state index in [9.17, 15) is 8.42 Å². The number of methoxy groups -OCH3 is 1. The van der Waals surface area contributed by atoms with Crippen LogP contribution in [0, 0.1) is 0 Å². The second-order valence-electron chi connectivity index (χ2n) is 4.61. The molecular formula is C14H25ClN2O3S. The van der Waals surface area contributed by atoms with Crippen molar-refractivity contribution >= 4 is 10.0 Å². The molecule has 7 heteroatoms. The molecule has 0 atom stereocenters. The summed E-state index contributed by atoms with van der Waals surface area (Å²) < 4.78 is 32.1. The largest absolute Gasteiger partial charge is 1.00 e. The Bertz CT molecular complexity index is 505. The number of nitrogens with one attached hydrogen (secondary N) is 2. The maximum Gasteiger partial charge on any atom is 0.244 e. The topological polar surface area (TPSA) is 59.8 Å². The molecule has 0 saturated heterocycles. The van der Waals surface area contributed by atoms with Gasteiger partial charge >= 0.3 is 0 Å². The molecule has 0 heterocycles. The fourth-order valence-corrected chi connectivity index (χ4v) is 3.31. The van der Waals surface area contributed by atoms with E-state index in [2.05, 4.69) is 18.6 Å². The Balaban J connectivity index is 0.00000400. The third-order valence-electron chi connectivity index (χ3n) is 3.36. The lowest BCUT2D eigenvalue weighted by Gasteiger charge is -2.15. The zero-order chi connectivity index (χ0) is 15.0. The number of hydrogen-bond acceptors (Lipinski definition) is 3. The summed E-state index contributed by atoms with van der Waals surface area (Å²) in [6, 6.07) is 6.64. The summed E-state index contributed by atoms with van der Waals surface area (Å²) in [5, 5.41) is 0. The van der Waals surface area contributed by atoms with Crippen LogP contribution in [-0.4, -0.2) is 41.7 Å². The molecular weight excluding hydrogens is 312 g/mol. The predicted molar refractivity (Wildman–Crippen MR) is 79.7 cm³/mol. The van der Waals surface area contributed by atoms with E-state index in [1.165, 1.54) is 12.0 Å². The van der Waals surface area contributed by atoms with Gasteiger partial charge in [-0.2, -0.15) is 0 Å². The van der Waals surface area contributed by atoms with E-state index in [1.807, 2.05) is 0 Å². The summed E-state index contributed by atoms with van der Waals surface area (Å²) in [4.78, 5) is 1.67. The third kappa shape index (κ3) is 6.22. The van der Waals surface area contributed by atoms with Gasteiger partial charge < -0.3 is 22.0 Å². The minimum absolute atomic E-state index is 0. The van der Waals surface area contributed by atoms with Crippen molar-refractivity contribution in [2.75, 3.05) is 33.3 Å². The summed E-state index contributed by atoms with van der Waals surface area (Å²) in [6.45, 7) is 7.83. The number of hydrogen-bond donors (Lipinski definition) is 2. The molecule has 122 valence electrons. The molecule has 0 amide bonds. The van der Waals surface area contributed by atoms with Crippen molar-refractivity contribution in [3.8, 4) is 5.75 Å². The summed E-state index contributed by atoms with van der Waals surface area (Å²) in [5.41, 5.74) is 0. The highest BCUT2D eigenvalue weighted by Crippen LogP contribution is 2.22. The number of sulfonamides is 1. The Morgan fingerprint density at radius 1 is 1.19 bits per heavy atom. The Hall–Kier alpha value is -0.820. The van der Waals surface area contributed by atoms with Gasteiger partial charge in [0.15, 0.2) is 0 Å². The third-order valence-corrected chi connectivity index (χ3v) is 4.86. The van der Waals surface area contributed by atoms with Crippen molar-refractivity contribution in [3.63, 3.8) is 0 Å². The molecule has 0 radical (unpaired) electrons. The van der Waals surface area contributed by atoms with Crippen LogP contribution in [0.3, 0.4) is 0 Å². The van der Waals surface area contributed by atoms with Crippen molar-refractivity contribution in [2.45, 2.75) is 25.2 Å². The Kier molecular flexibility index (Phi) is 9.61. The molecule has 21 heavy (non-hydrogen) atoms. The second kappa shape index (κ2) is 10.00. The molecule has 0 unspecified atom stereocenters. The van der Waals surface area contributed by atoms with Crippen molar-refractivity contribution in [1.29, 1.82) is 0 Å². The SMILES string of the molecule is CC[NH+](CC)CCCNS(=O)(=O)c1ccccc1OC.[Cl-]. The fraction of sp³-hybridized carbons (Fsp3) is 0.571. The van der Waals surface area contributed by atoms with E-state index in [0.29, 0.717) is 12.3 Å². The first-order valence-corrected chi connectivity index (χ1v) is 8.49. The average Bonchev–Trinajstić information content (AvgIpc) is 2.47. The van der Waals surface area contributed by atoms with Crippen LogP contribution < -0.4 is 26.8 Å². The maximum absolute atomic E-state index is 12.2. The fourth-order valence-electron chi connectivity index (χ4n) is 2.07. The average molecular weight is 337 g/mol. The highest BCUT2D eigenvalue weighted by atomic mass is 35.5. The van der Waals surface area contributed by atoms with Gasteiger partial charge in [0.2, 0.25) is 10.0 Å². The predicted octanol–water partition coefficient (Wildman–Crippen LogP) is -2.71. The first kappa shape index (κ1) is 20.2. The molecule has 0 aliphatic carbocycles. The standard InChI is InChI=1S/C14H24N2O3S.ClH/c1-4-16(5-2)12-8-11-15-20(17,18)14-10-7-6-9-13(14)19-3;/h6-7,9-10,15H,4-5,8,11-12H2,1-3H3;1H. The maximum atomic E-state index is 12.2. The second-order valence-corrected chi connectivity index (χ2v) is 6.34. The van der Waals surface area contributed by atoms with Gasteiger partial charge in [-0.05, 0) is 26.0 Å². The van der Waals surface area contributed by atoms with Crippen LogP contribution in [0.15, 0.2) is 29.2 Å². The van der Waals surface area contributed by atoms with Crippen LogP contribution in [-0.2, 0) is 10.0 Å². The van der Waals surface area contributed by atoms with Gasteiger partial charge in [0, 0.05) is 13.0 Å². The number of halogens is 1. The van der Waals surface area contributed by atoms with Gasteiger partial charge in [-0.15, -0.1) is 0 Å². The van der Waals surface area contributed by atoms with E-state index in [1.54, 1.807) is 24.3 Å². The van der Waals surface area contributed by atoms with Crippen molar-refractivity contribution in [3.05, 3.63) is 24.3 Å². The van der Waals surface area contributed by atoms with Crippen LogP contribution >= 0.6 is 0 Å². The first-order valence-electron chi connectivity index (χ1n) is 7.01. The molecule has 2 N–H and O–H groups in total. The molecule has 1 aromatic carbocycles. The summed E-state index contributed by atoms with van der Waals surface area (Å²) in [7, 11) is -2.03. The number of rotatable bonds is 9. The molecule has 5 nitrogen and oxygen atoms in total. The van der Waals surface area contributed by atoms with E-state index in [4.69, 9.17) is 4.74 Å². The molecule has 0 aliphatic heterocycles. The van der Waals surface area contributed by atoms with Crippen LogP contribution in [0.1, 0.15) is 20.3 Å². The lowest BCUT2D eigenvalue weighted by atomic mass is 10.3. The molecule has 0 saturated carbocycles. The minimum Gasteiger partial charge on any atom is -1.00 e. The highest BCUT2D eigenvalue weighted by molar-refractivity contribution is 7.89. The smallest absolute Gasteiger partial charge is 0.244 e. The molecule has 1 rings (SSSR count). The number of ether oxygens (including phenoxy) is 1. The van der Waals surface area contributed by atoms with Gasteiger partial charge in [-0.25, -0.2) is 13.1 Å². The number of benzene rings is 1.